The lowest BCUT2D eigenvalue weighted by Gasteiger charge is -2.05. The first-order valence-electron chi connectivity index (χ1n) is 6.11. The molecule has 0 atom stereocenters. The fraction of sp³-hybridized carbons (Fsp3) is 0.0714. The first-order chi connectivity index (χ1) is 10.5. The molecule has 114 valence electrons. The number of rotatable bonds is 3. The predicted octanol–water partition coefficient (Wildman–Crippen LogP) is 3.07. The highest BCUT2D eigenvalue weighted by Crippen LogP contribution is 2.22. The third kappa shape index (κ3) is 4.34. The molecule has 1 aromatic carbocycles. The summed E-state index contributed by atoms with van der Waals surface area (Å²) in [6, 6.07) is 7.81. The second kappa shape index (κ2) is 7.11. The van der Waals surface area contributed by atoms with Crippen LogP contribution in [0.2, 0.25) is 10.0 Å². The van der Waals surface area contributed by atoms with E-state index in [4.69, 9.17) is 27.6 Å². The molecule has 2 rings (SSSR count). The van der Waals surface area contributed by atoms with Crippen molar-refractivity contribution >= 4 is 46.4 Å². The fourth-order valence-electron chi connectivity index (χ4n) is 1.54. The summed E-state index contributed by atoms with van der Waals surface area (Å²) in [6.07, 6.45) is 1.48. The lowest BCUT2D eigenvalue weighted by molar-refractivity contribution is -0.136. The molecule has 1 aromatic heterocycles. The number of anilines is 1. The largest absolute Gasteiger partial charge is 0.463 e. The summed E-state index contributed by atoms with van der Waals surface area (Å²) < 4.78 is 5.10. The Morgan fingerprint density at radius 1 is 1.14 bits per heavy atom. The summed E-state index contributed by atoms with van der Waals surface area (Å²) in [5, 5.41) is 6.83. The molecule has 2 amide bonds. The highest BCUT2D eigenvalue weighted by atomic mass is 35.5. The zero-order valence-corrected chi connectivity index (χ0v) is 12.9. The van der Waals surface area contributed by atoms with E-state index in [0.29, 0.717) is 27.2 Å². The Kier molecular flexibility index (Phi) is 5.19. The average Bonchev–Trinajstić information content (AvgIpc) is 2.97. The Morgan fingerprint density at radius 3 is 2.41 bits per heavy atom. The third-order valence-corrected chi connectivity index (χ3v) is 2.97. The molecule has 0 fully saturated rings. The highest BCUT2D eigenvalue weighted by Gasteiger charge is 2.14. The van der Waals surface area contributed by atoms with E-state index < -0.39 is 11.8 Å². The molecule has 0 spiro atoms. The Hall–Kier alpha value is -2.31. The van der Waals surface area contributed by atoms with Crippen molar-refractivity contribution in [3.8, 4) is 0 Å². The molecule has 6 nitrogen and oxygen atoms in total. The van der Waals surface area contributed by atoms with Crippen molar-refractivity contribution < 1.29 is 14.0 Å². The number of carbonyl (C=O) groups excluding carboxylic acids is 2. The summed E-state index contributed by atoms with van der Waals surface area (Å²) in [5.41, 5.74) is 2.87. The van der Waals surface area contributed by atoms with Gasteiger partial charge in [-0.15, -0.1) is 0 Å². The second-order valence-electron chi connectivity index (χ2n) is 4.23. The van der Waals surface area contributed by atoms with Crippen LogP contribution in [0.1, 0.15) is 12.7 Å². The minimum Gasteiger partial charge on any atom is -0.463 e. The minimum absolute atomic E-state index is 0.310. The topological polar surface area (TPSA) is 83.7 Å². The van der Waals surface area contributed by atoms with Crippen molar-refractivity contribution in [3.05, 3.63) is 52.4 Å². The number of nitrogens with one attached hydrogen (secondary N) is 2. The third-order valence-electron chi connectivity index (χ3n) is 2.53. The SMILES string of the molecule is C/C(=N\NC(=O)C(=O)Nc1cc(Cl)cc(Cl)c1)c1ccco1. The van der Waals surface area contributed by atoms with Crippen LogP contribution in [0.5, 0.6) is 0 Å². The summed E-state index contributed by atoms with van der Waals surface area (Å²) in [7, 11) is 0. The van der Waals surface area contributed by atoms with Gasteiger partial charge in [0.15, 0.2) is 0 Å². The van der Waals surface area contributed by atoms with Gasteiger partial charge in [0.05, 0.1) is 6.26 Å². The van der Waals surface area contributed by atoms with Gasteiger partial charge in [-0.25, -0.2) is 5.43 Å². The van der Waals surface area contributed by atoms with Crippen LogP contribution >= 0.6 is 23.2 Å². The quantitative estimate of drug-likeness (QED) is 0.512. The molecule has 0 radical (unpaired) electrons. The van der Waals surface area contributed by atoms with E-state index in [2.05, 4.69) is 15.8 Å². The molecule has 22 heavy (non-hydrogen) atoms. The molecular weight excluding hydrogens is 329 g/mol. The maximum atomic E-state index is 11.7. The van der Waals surface area contributed by atoms with Crippen LogP contribution in [0, 0.1) is 0 Å². The summed E-state index contributed by atoms with van der Waals surface area (Å²) >= 11 is 11.6. The van der Waals surface area contributed by atoms with Gasteiger partial charge in [0, 0.05) is 15.7 Å². The summed E-state index contributed by atoms with van der Waals surface area (Å²) in [5.74, 6) is -1.33. The van der Waals surface area contributed by atoms with Crippen LogP contribution in [-0.4, -0.2) is 17.5 Å². The van der Waals surface area contributed by atoms with Gasteiger partial charge in [0.2, 0.25) is 0 Å². The Labute approximate surface area is 136 Å². The van der Waals surface area contributed by atoms with Crippen molar-refractivity contribution in [3.63, 3.8) is 0 Å². The van der Waals surface area contributed by atoms with Crippen molar-refractivity contribution in [2.75, 3.05) is 5.32 Å². The fourth-order valence-corrected chi connectivity index (χ4v) is 2.06. The zero-order valence-electron chi connectivity index (χ0n) is 11.4. The van der Waals surface area contributed by atoms with Gasteiger partial charge >= 0.3 is 11.8 Å². The number of nitrogens with zero attached hydrogens (tertiary/aromatic N) is 1. The maximum absolute atomic E-state index is 11.7. The van der Waals surface area contributed by atoms with Crippen LogP contribution in [0.25, 0.3) is 0 Å². The lowest BCUT2D eigenvalue weighted by atomic mass is 10.3. The van der Waals surface area contributed by atoms with E-state index in [9.17, 15) is 9.59 Å². The van der Waals surface area contributed by atoms with Gasteiger partial charge in [0.1, 0.15) is 11.5 Å². The van der Waals surface area contributed by atoms with Gasteiger partial charge < -0.3 is 9.73 Å². The molecule has 2 N–H and O–H groups in total. The van der Waals surface area contributed by atoms with Crippen LogP contribution in [-0.2, 0) is 9.59 Å². The molecule has 0 bridgehead atoms. The number of hydrazone groups is 1. The average molecular weight is 340 g/mol. The number of amides is 2. The number of furan rings is 1. The molecule has 1 heterocycles. The Morgan fingerprint density at radius 2 is 1.82 bits per heavy atom. The van der Waals surface area contributed by atoms with Crippen LogP contribution in [0.15, 0.2) is 46.1 Å². The van der Waals surface area contributed by atoms with E-state index in [1.807, 2.05) is 0 Å². The normalized spacial score (nSPS) is 11.1. The Balaban J connectivity index is 1.98. The van der Waals surface area contributed by atoms with Gasteiger partial charge in [-0.2, -0.15) is 5.10 Å². The van der Waals surface area contributed by atoms with Crippen molar-refractivity contribution in [1.29, 1.82) is 0 Å². The van der Waals surface area contributed by atoms with Gasteiger partial charge in [0.25, 0.3) is 0 Å². The number of benzene rings is 1. The first-order valence-corrected chi connectivity index (χ1v) is 6.87. The zero-order chi connectivity index (χ0) is 16.1. The molecule has 0 saturated heterocycles. The van der Waals surface area contributed by atoms with Gasteiger partial charge in [-0.1, -0.05) is 23.2 Å². The van der Waals surface area contributed by atoms with E-state index in [-0.39, 0.29) is 0 Å². The van der Waals surface area contributed by atoms with Crippen LogP contribution in [0.4, 0.5) is 5.69 Å². The number of carbonyl (C=O) groups is 2. The van der Waals surface area contributed by atoms with E-state index in [0.717, 1.165) is 0 Å². The number of hydrogen-bond acceptors (Lipinski definition) is 4. The lowest BCUT2D eigenvalue weighted by Crippen LogP contribution is -2.32. The molecule has 0 aliphatic rings. The maximum Gasteiger partial charge on any atom is 0.329 e. The highest BCUT2D eigenvalue weighted by molar-refractivity contribution is 6.40. The first kappa shape index (κ1) is 16.1. The molecule has 8 heteroatoms. The van der Waals surface area contributed by atoms with Crippen molar-refractivity contribution in [2.45, 2.75) is 6.92 Å². The molecule has 2 aromatic rings. The second-order valence-corrected chi connectivity index (χ2v) is 5.10. The van der Waals surface area contributed by atoms with Crippen molar-refractivity contribution in [1.82, 2.24) is 5.43 Å². The van der Waals surface area contributed by atoms with E-state index in [1.54, 1.807) is 19.1 Å². The number of hydrogen-bond donors (Lipinski definition) is 2. The Bertz CT molecular complexity index is 707. The number of halogens is 2. The van der Waals surface area contributed by atoms with E-state index in [1.165, 1.54) is 24.5 Å². The predicted molar refractivity (Wildman–Crippen MR) is 84.2 cm³/mol. The van der Waals surface area contributed by atoms with Gasteiger partial charge in [-0.05, 0) is 37.3 Å². The van der Waals surface area contributed by atoms with Crippen LogP contribution < -0.4 is 10.7 Å². The van der Waals surface area contributed by atoms with E-state index >= 15 is 0 Å². The summed E-state index contributed by atoms with van der Waals surface area (Å²) in [6.45, 7) is 1.63. The molecule has 0 saturated carbocycles. The standard InChI is InChI=1S/C14H11Cl2N3O3/c1-8(12-3-2-4-22-12)18-19-14(21)13(20)17-11-6-9(15)5-10(16)7-11/h2-7H,1H3,(H,17,20)(H,19,21)/b18-8+. The molecule has 0 aliphatic carbocycles. The monoisotopic (exact) mass is 339 g/mol. The summed E-state index contributed by atoms with van der Waals surface area (Å²) in [4.78, 5) is 23.4. The van der Waals surface area contributed by atoms with Crippen LogP contribution in [0.3, 0.4) is 0 Å². The molecule has 0 unspecified atom stereocenters. The molecular formula is C14H11Cl2N3O3. The minimum atomic E-state index is -0.929. The van der Waals surface area contributed by atoms with Gasteiger partial charge in [-0.3, -0.25) is 9.59 Å². The van der Waals surface area contributed by atoms with Crippen molar-refractivity contribution in [2.24, 2.45) is 5.10 Å². The smallest absolute Gasteiger partial charge is 0.329 e. The molecule has 0 aliphatic heterocycles.